The molecule has 1 amide bonds. The number of rotatable bonds is 3. The Balaban J connectivity index is 2.04. The maximum absolute atomic E-state index is 12.4. The van der Waals surface area contributed by atoms with E-state index in [4.69, 9.17) is 28.5 Å². The van der Waals surface area contributed by atoms with Crippen LogP contribution in [0.5, 0.6) is 0 Å². The first-order chi connectivity index (χ1) is 10.1. The summed E-state index contributed by atoms with van der Waals surface area (Å²) >= 11 is 11.8. The van der Waals surface area contributed by atoms with Crippen LogP contribution in [-0.2, 0) is 0 Å². The van der Waals surface area contributed by atoms with Crippen LogP contribution in [0.2, 0.25) is 10.2 Å². The van der Waals surface area contributed by atoms with E-state index in [0.29, 0.717) is 31.2 Å². The van der Waals surface area contributed by atoms with E-state index >= 15 is 0 Å². The molecule has 0 bridgehead atoms. The molecule has 21 heavy (non-hydrogen) atoms. The number of aromatic nitrogens is 1. The van der Waals surface area contributed by atoms with Gasteiger partial charge in [-0.25, -0.2) is 4.98 Å². The number of carbonyl (C=O) groups excluding carboxylic acids is 1. The third-order valence-electron chi connectivity index (χ3n) is 3.59. The molecule has 0 spiro atoms. The SMILES string of the molecule is CCC(C#N)N1CCN(C(=O)c2nc(Cl)ccc2Cl)CC1. The van der Waals surface area contributed by atoms with E-state index in [2.05, 4.69) is 16.0 Å². The lowest BCUT2D eigenvalue weighted by Gasteiger charge is -2.36. The topological polar surface area (TPSA) is 60.2 Å². The minimum absolute atomic E-state index is 0.0878. The molecule has 1 aliphatic heterocycles. The average Bonchev–Trinajstić information content (AvgIpc) is 2.51. The predicted molar refractivity (Wildman–Crippen MR) is 81.4 cm³/mol. The Morgan fingerprint density at radius 1 is 1.38 bits per heavy atom. The van der Waals surface area contributed by atoms with Crippen LogP contribution in [0.4, 0.5) is 0 Å². The number of pyridine rings is 1. The molecule has 1 unspecified atom stereocenters. The highest BCUT2D eigenvalue weighted by Crippen LogP contribution is 2.19. The first-order valence-electron chi connectivity index (χ1n) is 6.81. The van der Waals surface area contributed by atoms with E-state index in [0.717, 1.165) is 6.42 Å². The quantitative estimate of drug-likeness (QED) is 0.800. The molecule has 0 aliphatic carbocycles. The second kappa shape index (κ2) is 7.08. The van der Waals surface area contributed by atoms with Crippen molar-refractivity contribution in [3.8, 4) is 6.07 Å². The van der Waals surface area contributed by atoms with Gasteiger partial charge in [-0.1, -0.05) is 30.1 Å². The van der Waals surface area contributed by atoms with Crippen LogP contribution in [-0.4, -0.2) is 52.9 Å². The lowest BCUT2D eigenvalue weighted by molar-refractivity contribution is 0.0599. The fraction of sp³-hybridized carbons (Fsp3) is 0.500. The third-order valence-corrected chi connectivity index (χ3v) is 4.11. The third kappa shape index (κ3) is 3.65. The molecule has 2 heterocycles. The molecule has 1 aliphatic rings. The summed E-state index contributed by atoms with van der Waals surface area (Å²) in [5, 5.41) is 9.63. The van der Waals surface area contributed by atoms with Gasteiger partial charge in [-0.15, -0.1) is 0 Å². The lowest BCUT2D eigenvalue weighted by Crippen LogP contribution is -2.51. The van der Waals surface area contributed by atoms with Gasteiger partial charge in [0.15, 0.2) is 0 Å². The summed E-state index contributed by atoms with van der Waals surface area (Å²) in [6.07, 6.45) is 0.784. The van der Waals surface area contributed by atoms with Crippen LogP contribution in [0.1, 0.15) is 23.8 Å². The fourth-order valence-electron chi connectivity index (χ4n) is 2.39. The van der Waals surface area contributed by atoms with E-state index in [1.165, 1.54) is 0 Å². The van der Waals surface area contributed by atoms with Gasteiger partial charge in [0.1, 0.15) is 10.8 Å². The number of piperazine rings is 1. The van der Waals surface area contributed by atoms with Crippen molar-refractivity contribution >= 4 is 29.1 Å². The van der Waals surface area contributed by atoms with E-state index < -0.39 is 0 Å². The monoisotopic (exact) mass is 326 g/mol. The second-order valence-electron chi connectivity index (χ2n) is 4.85. The van der Waals surface area contributed by atoms with E-state index in [-0.39, 0.29) is 22.8 Å². The molecule has 2 rings (SSSR count). The number of hydrogen-bond donors (Lipinski definition) is 0. The summed E-state index contributed by atoms with van der Waals surface area (Å²) in [4.78, 5) is 20.2. The molecule has 5 nitrogen and oxygen atoms in total. The second-order valence-corrected chi connectivity index (χ2v) is 5.64. The van der Waals surface area contributed by atoms with Crippen LogP contribution in [0.15, 0.2) is 12.1 Å². The molecule has 1 aromatic heterocycles. The highest BCUT2D eigenvalue weighted by atomic mass is 35.5. The Hall–Kier alpha value is -1.35. The molecule has 1 saturated heterocycles. The molecule has 0 N–H and O–H groups in total. The molecule has 0 radical (unpaired) electrons. The van der Waals surface area contributed by atoms with E-state index in [9.17, 15) is 4.79 Å². The Morgan fingerprint density at radius 2 is 2.05 bits per heavy atom. The largest absolute Gasteiger partial charge is 0.335 e. The van der Waals surface area contributed by atoms with Crippen LogP contribution in [0.25, 0.3) is 0 Å². The van der Waals surface area contributed by atoms with Crippen molar-refractivity contribution in [1.82, 2.24) is 14.8 Å². The Bertz CT molecular complexity index is 565. The molecular weight excluding hydrogens is 311 g/mol. The first kappa shape index (κ1) is 16.0. The predicted octanol–water partition coefficient (Wildman–Crippen LogP) is 2.45. The molecular formula is C14H16Cl2N4O. The summed E-state index contributed by atoms with van der Waals surface area (Å²) in [7, 11) is 0. The molecule has 0 saturated carbocycles. The summed E-state index contributed by atoms with van der Waals surface area (Å²) in [5.41, 5.74) is 0.185. The summed E-state index contributed by atoms with van der Waals surface area (Å²) in [5.74, 6) is -0.216. The Kier molecular flexibility index (Phi) is 5.40. The van der Waals surface area contributed by atoms with Gasteiger partial charge in [0.2, 0.25) is 0 Å². The van der Waals surface area contributed by atoms with Crippen LogP contribution >= 0.6 is 23.2 Å². The first-order valence-corrected chi connectivity index (χ1v) is 7.57. The summed E-state index contributed by atoms with van der Waals surface area (Å²) in [6.45, 7) is 4.45. The average molecular weight is 327 g/mol. The zero-order valence-corrected chi connectivity index (χ0v) is 13.2. The molecule has 7 heteroatoms. The maximum Gasteiger partial charge on any atom is 0.274 e. The van der Waals surface area contributed by atoms with Crippen molar-refractivity contribution in [3.63, 3.8) is 0 Å². The molecule has 0 aromatic carbocycles. The zero-order chi connectivity index (χ0) is 15.4. The van der Waals surface area contributed by atoms with Gasteiger partial charge >= 0.3 is 0 Å². The summed E-state index contributed by atoms with van der Waals surface area (Å²) in [6, 6.07) is 5.32. The van der Waals surface area contributed by atoms with Crippen molar-refractivity contribution < 1.29 is 4.79 Å². The van der Waals surface area contributed by atoms with Gasteiger partial charge < -0.3 is 4.90 Å². The van der Waals surface area contributed by atoms with Gasteiger partial charge in [-0.2, -0.15) is 5.26 Å². The highest BCUT2D eigenvalue weighted by molar-refractivity contribution is 6.34. The fourth-order valence-corrected chi connectivity index (χ4v) is 2.72. The minimum atomic E-state index is -0.216. The number of nitrogens with zero attached hydrogens (tertiary/aromatic N) is 4. The minimum Gasteiger partial charge on any atom is -0.335 e. The van der Waals surface area contributed by atoms with Gasteiger partial charge in [-0.3, -0.25) is 9.69 Å². The highest BCUT2D eigenvalue weighted by Gasteiger charge is 2.27. The molecule has 1 atom stereocenters. The van der Waals surface area contributed by atoms with Gasteiger partial charge in [0.25, 0.3) is 5.91 Å². The van der Waals surface area contributed by atoms with Crippen molar-refractivity contribution in [2.45, 2.75) is 19.4 Å². The van der Waals surface area contributed by atoms with Crippen LogP contribution < -0.4 is 0 Å². The number of carbonyl (C=O) groups is 1. The van der Waals surface area contributed by atoms with Gasteiger partial charge in [-0.05, 0) is 18.6 Å². The van der Waals surface area contributed by atoms with E-state index in [1.807, 2.05) is 6.92 Å². The molecule has 1 fully saturated rings. The number of amides is 1. The Morgan fingerprint density at radius 3 is 2.62 bits per heavy atom. The smallest absolute Gasteiger partial charge is 0.274 e. The van der Waals surface area contributed by atoms with Crippen LogP contribution in [0.3, 0.4) is 0 Å². The van der Waals surface area contributed by atoms with Gasteiger partial charge in [0.05, 0.1) is 17.1 Å². The van der Waals surface area contributed by atoms with Crippen molar-refractivity contribution in [1.29, 1.82) is 5.26 Å². The number of hydrogen-bond acceptors (Lipinski definition) is 4. The Labute approximate surface area is 134 Å². The van der Waals surface area contributed by atoms with E-state index in [1.54, 1.807) is 17.0 Å². The van der Waals surface area contributed by atoms with Crippen molar-refractivity contribution in [2.24, 2.45) is 0 Å². The molecule has 1 aromatic rings. The maximum atomic E-state index is 12.4. The standard InChI is InChI=1S/C14H16Cl2N4O/c1-2-10(9-17)19-5-7-20(8-6-19)14(21)13-11(15)3-4-12(16)18-13/h3-4,10H,2,5-8H2,1H3. The number of halogens is 2. The molecule has 112 valence electrons. The lowest BCUT2D eigenvalue weighted by atomic mass is 10.1. The normalized spacial score (nSPS) is 17.3. The zero-order valence-electron chi connectivity index (χ0n) is 11.7. The van der Waals surface area contributed by atoms with Crippen molar-refractivity contribution in [2.75, 3.05) is 26.2 Å². The van der Waals surface area contributed by atoms with Crippen molar-refractivity contribution in [3.05, 3.63) is 28.0 Å². The number of nitriles is 1. The van der Waals surface area contributed by atoms with Gasteiger partial charge in [0, 0.05) is 26.2 Å². The van der Waals surface area contributed by atoms with Crippen LogP contribution in [0, 0.1) is 11.3 Å². The summed E-state index contributed by atoms with van der Waals surface area (Å²) < 4.78 is 0.